The summed E-state index contributed by atoms with van der Waals surface area (Å²) >= 11 is 0. The zero-order valence-electron chi connectivity index (χ0n) is 14.8. The number of aromatic amines is 1. The van der Waals surface area contributed by atoms with Gasteiger partial charge in [0, 0.05) is 30.2 Å². The van der Waals surface area contributed by atoms with Crippen LogP contribution >= 0.6 is 0 Å². The molecule has 1 aromatic heterocycles. The summed E-state index contributed by atoms with van der Waals surface area (Å²) in [5, 5.41) is 3.72. The number of carbonyl (C=O) groups excluding carboxylic acids is 1. The number of carbonyl (C=O) groups is 1. The second-order valence-electron chi connectivity index (χ2n) is 6.70. The van der Waals surface area contributed by atoms with Crippen LogP contribution in [0, 0.1) is 11.7 Å². The summed E-state index contributed by atoms with van der Waals surface area (Å²) in [5.74, 6) is 0.951. The lowest BCUT2D eigenvalue weighted by atomic mass is 10.1. The quantitative estimate of drug-likeness (QED) is 0.719. The Morgan fingerprint density at radius 2 is 2.32 bits per heavy atom. The second-order valence-corrected chi connectivity index (χ2v) is 6.70. The fourth-order valence-corrected chi connectivity index (χ4v) is 3.53. The molecule has 0 saturated heterocycles. The van der Waals surface area contributed by atoms with Crippen molar-refractivity contribution >= 4 is 17.0 Å². The number of benzene rings is 1. The number of nitrogens with one attached hydrogen (secondary N) is 2. The van der Waals surface area contributed by atoms with Crippen molar-refractivity contribution < 1.29 is 13.9 Å². The molecule has 2 N–H and O–H groups in total. The van der Waals surface area contributed by atoms with Crippen molar-refractivity contribution in [2.24, 2.45) is 5.92 Å². The van der Waals surface area contributed by atoms with Gasteiger partial charge in [-0.1, -0.05) is 6.92 Å². The predicted octanol–water partition coefficient (Wildman–Crippen LogP) is 3.48. The van der Waals surface area contributed by atoms with Gasteiger partial charge in [-0.2, -0.15) is 0 Å². The van der Waals surface area contributed by atoms with E-state index in [0.29, 0.717) is 18.4 Å². The van der Waals surface area contributed by atoms with Gasteiger partial charge in [0.15, 0.2) is 0 Å². The number of hydrogen-bond donors (Lipinski definition) is 2. The molecule has 25 heavy (non-hydrogen) atoms. The lowest BCUT2D eigenvalue weighted by Crippen LogP contribution is -2.31. The fourth-order valence-electron chi connectivity index (χ4n) is 3.53. The van der Waals surface area contributed by atoms with Crippen molar-refractivity contribution in [1.82, 2.24) is 15.2 Å². The number of alkyl carbamates (subject to hydrolysis) is 1. The standard InChI is InChI=1S/C19H26FN3O2/c1-3-23(8-4-7-21-19(24)25-2)12-13-9-15(13)17-11-22-18-6-5-14(20)10-16(17)18/h5-6,10-11,13,15,22H,3-4,7-9,12H2,1-2H3,(H,21,24). The largest absolute Gasteiger partial charge is 0.453 e. The van der Waals surface area contributed by atoms with Crippen LogP contribution in [-0.2, 0) is 4.74 Å². The second kappa shape index (κ2) is 7.87. The van der Waals surface area contributed by atoms with Gasteiger partial charge in [0.05, 0.1) is 7.11 Å². The number of amides is 1. The minimum Gasteiger partial charge on any atom is -0.453 e. The molecular weight excluding hydrogens is 321 g/mol. The Kier molecular flexibility index (Phi) is 5.58. The van der Waals surface area contributed by atoms with Crippen LogP contribution in [0.15, 0.2) is 24.4 Å². The number of hydrogen-bond acceptors (Lipinski definition) is 3. The van der Waals surface area contributed by atoms with Crippen LogP contribution in [0.3, 0.4) is 0 Å². The Hall–Kier alpha value is -2.08. The van der Waals surface area contributed by atoms with E-state index in [2.05, 4.69) is 26.9 Å². The number of halogens is 1. The molecule has 136 valence electrons. The van der Waals surface area contributed by atoms with Gasteiger partial charge in [0.25, 0.3) is 0 Å². The molecule has 1 saturated carbocycles. The molecular formula is C19H26FN3O2. The zero-order valence-corrected chi connectivity index (χ0v) is 14.8. The van der Waals surface area contributed by atoms with Crippen LogP contribution in [0.4, 0.5) is 9.18 Å². The first-order valence-corrected chi connectivity index (χ1v) is 8.93. The maximum atomic E-state index is 13.5. The van der Waals surface area contributed by atoms with Crippen LogP contribution in [0.5, 0.6) is 0 Å². The maximum absolute atomic E-state index is 13.5. The van der Waals surface area contributed by atoms with Crippen molar-refractivity contribution in [2.45, 2.75) is 25.7 Å². The third-order valence-corrected chi connectivity index (χ3v) is 5.04. The summed E-state index contributed by atoms with van der Waals surface area (Å²) in [4.78, 5) is 16.7. The van der Waals surface area contributed by atoms with E-state index in [9.17, 15) is 9.18 Å². The fraction of sp³-hybridized carbons (Fsp3) is 0.526. The Bertz CT molecular complexity index is 731. The number of rotatable bonds is 8. The number of aromatic nitrogens is 1. The van der Waals surface area contributed by atoms with E-state index in [1.165, 1.54) is 18.7 Å². The van der Waals surface area contributed by atoms with E-state index < -0.39 is 0 Å². The highest BCUT2D eigenvalue weighted by Crippen LogP contribution is 2.49. The minimum atomic E-state index is -0.378. The molecule has 2 unspecified atom stereocenters. The van der Waals surface area contributed by atoms with E-state index >= 15 is 0 Å². The van der Waals surface area contributed by atoms with E-state index in [-0.39, 0.29) is 11.9 Å². The molecule has 1 aliphatic carbocycles. The SMILES string of the molecule is CCN(CCCNC(=O)OC)CC1CC1c1c[nH]c2ccc(F)cc12. The third kappa shape index (κ3) is 4.31. The maximum Gasteiger partial charge on any atom is 0.406 e. The van der Waals surface area contributed by atoms with Crippen LogP contribution in [0.2, 0.25) is 0 Å². The summed E-state index contributed by atoms with van der Waals surface area (Å²) in [6, 6.07) is 4.93. The summed E-state index contributed by atoms with van der Waals surface area (Å²) < 4.78 is 18.1. The average molecular weight is 347 g/mol. The summed E-state index contributed by atoms with van der Waals surface area (Å²) in [6.45, 7) is 5.77. The third-order valence-electron chi connectivity index (χ3n) is 5.04. The number of ether oxygens (including phenoxy) is 1. The van der Waals surface area contributed by atoms with Crippen molar-refractivity contribution in [3.8, 4) is 0 Å². The van der Waals surface area contributed by atoms with Crippen molar-refractivity contribution in [2.75, 3.05) is 33.3 Å². The monoisotopic (exact) mass is 347 g/mol. The van der Waals surface area contributed by atoms with Crippen LogP contribution in [0.25, 0.3) is 10.9 Å². The lowest BCUT2D eigenvalue weighted by molar-refractivity contribution is 0.170. The summed E-state index contributed by atoms with van der Waals surface area (Å²) in [5.41, 5.74) is 2.24. The first-order chi connectivity index (χ1) is 12.1. The number of H-pyrrole nitrogens is 1. The Morgan fingerprint density at radius 1 is 1.48 bits per heavy atom. The van der Waals surface area contributed by atoms with E-state index in [0.717, 1.165) is 43.4 Å². The van der Waals surface area contributed by atoms with Crippen LogP contribution in [-0.4, -0.2) is 49.3 Å². The summed E-state index contributed by atoms with van der Waals surface area (Å²) in [7, 11) is 1.37. The first kappa shape index (κ1) is 17.7. The van der Waals surface area contributed by atoms with E-state index in [4.69, 9.17) is 0 Å². The van der Waals surface area contributed by atoms with Gasteiger partial charge in [-0.15, -0.1) is 0 Å². The molecule has 0 radical (unpaired) electrons. The first-order valence-electron chi connectivity index (χ1n) is 8.93. The Morgan fingerprint density at radius 3 is 3.08 bits per heavy atom. The molecule has 2 aromatic rings. The predicted molar refractivity (Wildman–Crippen MR) is 96.2 cm³/mol. The molecule has 2 atom stereocenters. The molecule has 1 aromatic carbocycles. The number of methoxy groups -OCH3 is 1. The van der Waals surface area contributed by atoms with Crippen molar-refractivity contribution in [1.29, 1.82) is 0 Å². The minimum absolute atomic E-state index is 0.182. The molecule has 3 rings (SSSR count). The highest BCUT2D eigenvalue weighted by molar-refractivity contribution is 5.84. The number of nitrogens with zero attached hydrogens (tertiary/aromatic N) is 1. The van der Waals surface area contributed by atoms with Crippen LogP contribution < -0.4 is 5.32 Å². The topological polar surface area (TPSA) is 57.4 Å². The molecule has 1 heterocycles. The van der Waals surface area contributed by atoms with E-state index in [1.54, 1.807) is 12.1 Å². The van der Waals surface area contributed by atoms with Gasteiger partial charge in [0.1, 0.15) is 5.82 Å². The smallest absolute Gasteiger partial charge is 0.406 e. The van der Waals surface area contributed by atoms with Crippen LogP contribution in [0.1, 0.15) is 31.2 Å². The van der Waals surface area contributed by atoms with Gasteiger partial charge in [-0.05, 0) is 61.5 Å². The Balaban J connectivity index is 1.50. The molecule has 6 heteroatoms. The van der Waals surface area contributed by atoms with Gasteiger partial charge < -0.3 is 19.9 Å². The van der Waals surface area contributed by atoms with Gasteiger partial charge >= 0.3 is 6.09 Å². The molecule has 0 bridgehead atoms. The Labute approximate surface area is 147 Å². The molecule has 0 aliphatic heterocycles. The van der Waals surface area contributed by atoms with E-state index in [1.807, 2.05) is 6.20 Å². The number of fused-ring (bicyclic) bond motifs is 1. The van der Waals surface area contributed by atoms with Gasteiger partial charge in [-0.25, -0.2) is 9.18 Å². The molecule has 0 spiro atoms. The highest BCUT2D eigenvalue weighted by atomic mass is 19.1. The average Bonchev–Trinajstić information content (AvgIpc) is 3.25. The highest BCUT2D eigenvalue weighted by Gasteiger charge is 2.40. The zero-order chi connectivity index (χ0) is 17.8. The summed E-state index contributed by atoms with van der Waals surface area (Å²) in [6.07, 6.45) is 3.71. The lowest BCUT2D eigenvalue weighted by Gasteiger charge is -2.20. The van der Waals surface area contributed by atoms with Crippen molar-refractivity contribution in [3.63, 3.8) is 0 Å². The molecule has 1 fully saturated rings. The van der Waals surface area contributed by atoms with Gasteiger partial charge in [0.2, 0.25) is 0 Å². The molecule has 1 aliphatic rings. The normalized spacial score (nSPS) is 19.4. The van der Waals surface area contributed by atoms with Gasteiger partial charge in [-0.3, -0.25) is 0 Å². The van der Waals surface area contributed by atoms with Crippen molar-refractivity contribution in [3.05, 3.63) is 35.8 Å². The molecule has 5 nitrogen and oxygen atoms in total. The molecule has 1 amide bonds.